The standard InChI is InChI=1S/C31H55NO4/c1-7-8-9-10-11-12-13-14-15-16-17-18-19-20-30(34)36-31-25(4)21-29(26(5)27(31)6)35-23-28(33)22-32-24(2)3/h21,24,28,32-33H,7-20,22-23H2,1-6H3. The summed E-state index contributed by atoms with van der Waals surface area (Å²) in [5.41, 5.74) is 2.73. The number of rotatable bonds is 21. The first-order valence-corrected chi connectivity index (χ1v) is 14.6. The number of hydrogen-bond acceptors (Lipinski definition) is 5. The Balaban J connectivity index is 2.27. The monoisotopic (exact) mass is 505 g/mol. The molecule has 2 N–H and O–H groups in total. The maximum Gasteiger partial charge on any atom is 0.311 e. The number of ether oxygens (including phenoxy) is 2. The Hall–Kier alpha value is -1.59. The van der Waals surface area contributed by atoms with E-state index >= 15 is 0 Å². The number of carbonyl (C=O) groups is 1. The van der Waals surface area contributed by atoms with Gasteiger partial charge in [-0.1, -0.05) is 97.8 Å². The Morgan fingerprint density at radius 1 is 0.861 bits per heavy atom. The van der Waals surface area contributed by atoms with Crippen molar-refractivity contribution in [3.05, 3.63) is 22.8 Å². The van der Waals surface area contributed by atoms with E-state index in [1.807, 2.05) is 40.7 Å². The highest BCUT2D eigenvalue weighted by Crippen LogP contribution is 2.33. The highest BCUT2D eigenvalue weighted by Gasteiger charge is 2.16. The second kappa shape index (κ2) is 19.5. The molecule has 0 aliphatic rings. The van der Waals surface area contributed by atoms with Crippen LogP contribution in [0.15, 0.2) is 6.07 Å². The van der Waals surface area contributed by atoms with E-state index in [-0.39, 0.29) is 12.6 Å². The average Bonchev–Trinajstić information content (AvgIpc) is 2.84. The molecule has 0 fully saturated rings. The van der Waals surface area contributed by atoms with Gasteiger partial charge in [0.1, 0.15) is 24.2 Å². The molecule has 1 aromatic rings. The molecule has 0 saturated heterocycles. The van der Waals surface area contributed by atoms with Crippen LogP contribution in [0.4, 0.5) is 0 Å². The summed E-state index contributed by atoms with van der Waals surface area (Å²) in [5.74, 6) is 1.21. The molecule has 0 saturated carbocycles. The highest BCUT2D eigenvalue weighted by atomic mass is 16.5. The van der Waals surface area contributed by atoms with Crippen molar-refractivity contribution in [3.8, 4) is 11.5 Å². The maximum absolute atomic E-state index is 12.5. The van der Waals surface area contributed by atoms with E-state index in [0.717, 1.165) is 35.3 Å². The smallest absolute Gasteiger partial charge is 0.311 e. The van der Waals surface area contributed by atoms with Gasteiger partial charge in [0, 0.05) is 19.0 Å². The van der Waals surface area contributed by atoms with E-state index in [1.54, 1.807) is 0 Å². The molecule has 208 valence electrons. The van der Waals surface area contributed by atoms with Crippen molar-refractivity contribution in [2.24, 2.45) is 0 Å². The summed E-state index contributed by atoms with van der Waals surface area (Å²) in [5, 5.41) is 13.3. The first kappa shape index (κ1) is 32.4. The van der Waals surface area contributed by atoms with Gasteiger partial charge in [0.15, 0.2) is 0 Å². The van der Waals surface area contributed by atoms with E-state index in [4.69, 9.17) is 9.47 Å². The first-order chi connectivity index (χ1) is 17.3. The van der Waals surface area contributed by atoms with Gasteiger partial charge in [-0.3, -0.25) is 4.79 Å². The molecule has 5 nitrogen and oxygen atoms in total. The van der Waals surface area contributed by atoms with Gasteiger partial charge < -0.3 is 19.9 Å². The number of hydrogen-bond donors (Lipinski definition) is 2. The Kier molecular flexibility index (Phi) is 17.6. The van der Waals surface area contributed by atoms with E-state index in [2.05, 4.69) is 12.2 Å². The fourth-order valence-electron chi connectivity index (χ4n) is 4.40. The summed E-state index contributed by atoms with van der Waals surface area (Å²) in [6, 6.07) is 2.22. The van der Waals surface area contributed by atoms with Crippen LogP contribution in [0.25, 0.3) is 0 Å². The van der Waals surface area contributed by atoms with E-state index in [9.17, 15) is 9.90 Å². The van der Waals surface area contributed by atoms with Gasteiger partial charge >= 0.3 is 5.97 Å². The lowest BCUT2D eigenvalue weighted by Gasteiger charge is -2.19. The molecule has 0 aliphatic heterocycles. The predicted molar refractivity (Wildman–Crippen MR) is 151 cm³/mol. The molecule has 0 aromatic heterocycles. The van der Waals surface area contributed by atoms with Crippen molar-refractivity contribution >= 4 is 5.97 Å². The van der Waals surface area contributed by atoms with E-state index in [0.29, 0.717) is 24.8 Å². The van der Waals surface area contributed by atoms with Crippen molar-refractivity contribution in [2.75, 3.05) is 13.2 Å². The van der Waals surface area contributed by atoms with Crippen molar-refractivity contribution in [1.29, 1.82) is 0 Å². The fraction of sp³-hybridized carbons (Fsp3) is 0.774. The van der Waals surface area contributed by atoms with Crippen molar-refractivity contribution in [1.82, 2.24) is 5.32 Å². The number of unbranched alkanes of at least 4 members (excludes halogenated alkanes) is 12. The number of nitrogens with one attached hydrogen (secondary N) is 1. The number of esters is 1. The Bertz CT molecular complexity index is 732. The Morgan fingerprint density at radius 3 is 1.92 bits per heavy atom. The number of benzene rings is 1. The lowest BCUT2D eigenvalue weighted by Crippen LogP contribution is -2.35. The summed E-state index contributed by atoms with van der Waals surface area (Å²) >= 11 is 0. The average molecular weight is 506 g/mol. The minimum atomic E-state index is -0.578. The summed E-state index contributed by atoms with van der Waals surface area (Å²) in [4.78, 5) is 12.5. The molecule has 36 heavy (non-hydrogen) atoms. The van der Waals surface area contributed by atoms with Gasteiger partial charge in [0.05, 0.1) is 0 Å². The van der Waals surface area contributed by atoms with Crippen LogP contribution in [0, 0.1) is 20.8 Å². The second-order valence-corrected chi connectivity index (χ2v) is 10.8. The van der Waals surface area contributed by atoms with Crippen LogP contribution in [0.2, 0.25) is 0 Å². The van der Waals surface area contributed by atoms with Crippen molar-refractivity contribution < 1.29 is 19.4 Å². The molecule has 1 atom stereocenters. The minimum absolute atomic E-state index is 0.160. The van der Waals surface area contributed by atoms with Gasteiger partial charge in [-0.15, -0.1) is 0 Å². The van der Waals surface area contributed by atoms with Gasteiger partial charge in [0.2, 0.25) is 0 Å². The first-order valence-electron chi connectivity index (χ1n) is 14.6. The third-order valence-corrected chi connectivity index (χ3v) is 6.87. The number of aryl methyl sites for hydroxylation is 1. The molecule has 5 heteroatoms. The van der Waals surface area contributed by atoms with Gasteiger partial charge in [-0.2, -0.15) is 0 Å². The van der Waals surface area contributed by atoms with Crippen LogP contribution in [-0.4, -0.2) is 36.4 Å². The zero-order valence-corrected chi connectivity index (χ0v) is 24.2. The normalized spacial score (nSPS) is 12.2. The molecule has 0 aliphatic carbocycles. The van der Waals surface area contributed by atoms with E-state index in [1.165, 1.54) is 70.6 Å². The van der Waals surface area contributed by atoms with Crippen molar-refractivity contribution in [3.63, 3.8) is 0 Å². The van der Waals surface area contributed by atoms with Crippen molar-refractivity contribution in [2.45, 2.75) is 144 Å². The largest absolute Gasteiger partial charge is 0.491 e. The maximum atomic E-state index is 12.5. The summed E-state index contributed by atoms with van der Waals surface area (Å²) in [6.07, 6.45) is 16.7. The Labute approximate surface area is 221 Å². The zero-order chi connectivity index (χ0) is 26.8. The number of aliphatic hydroxyl groups is 1. The topological polar surface area (TPSA) is 67.8 Å². The molecule has 0 spiro atoms. The van der Waals surface area contributed by atoms with Crippen LogP contribution in [0.1, 0.15) is 127 Å². The van der Waals surface area contributed by atoms with Gasteiger partial charge in [0.25, 0.3) is 0 Å². The SMILES string of the molecule is CCCCCCCCCCCCCCCC(=O)Oc1c(C)cc(OCC(O)CNC(C)C)c(C)c1C. The molecule has 0 radical (unpaired) electrons. The highest BCUT2D eigenvalue weighted by molar-refractivity contribution is 5.73. The summed E-state index contributed by atoms with van der Waals surface area (Å²) < 4.78 is 11.6. The molecule has 0 bridgehead atoms. The zero-order valence-electron chi connectivity index (χ0n) is 24.2. The summed E-state index contributed by atoms with van der Waals surface area (Å²) in [6.45, 7) is 12.9. The fourth-order valence-corrected chi connectivity index (χ4v) is 4.40. The molecule has 0 amide bonds. The lowest BCUT2D eigenvalue weighted by molar-refractivity contribution is -0.134. The molecule has 1 aromatic carbocycles. The van der Waals surface area contributed by atoms with Crippen LogP contribution in [0.5, 0.6) is 11.5 Å². The molecule has 1 unspecified atom stereocenters. The minimum Gasteiger partial charge on any atom is -0.491 e. The number of aliphatic hydroxyl groups excluding tert-OH is 1. The lowest BCUT2D eigenvalue weighted by atomic mass is 10.0. The summed E-state index contributed by atoms with van der Waals surface area (Å²) in [7, 11) is 0. The van der Waals surface area contributed by atoms with Crippen LogP contribution in [0.3, 0.4) is 0 Å². The Morgan fingerprint density at radius 2 is 1.39 bits per heavy atom. The van der Waals surface area contributed by atoms with E-state index < -0.39 is 6.10 Å². The third kappa shape index (κ3) is 14.2. The second-order valence-electron chi connectivity index (χ2n) is 10.8. The molecular weight excluding hydrogens is 450 g/mol. The number of carbonyl (C=O) groups excluding carboxylic acids is 1. The predicted octanol–water partition coefficient (Wildman–Crippen LogP) is 7.74. The van der Waals surface area contributed by atoms with Gasteiger partial charge in [-0.05, 0) is 49.9 Å². The molecule has 0 heterocycles. The third-order valence-electron chi connectivity index (χ3n) is 6.87. The van der Waals surface area contributed by atoms with Crippen LogP contribution in [-0.2, 0) is 4.79 Å². The van der Waals surface area contributed by atoms with Crippen LogP contribution < -0.4 is 14.8 Å². The van der Waals surface area contributed by atoms with Gasteiger partial charge in [-0.25, -0.2) is 0 Å². The molecular formula is C31H55NO4. The molecule has 1 rings (SSSR count). The quantitative estimate of drug-likeness (QED) is 0.102. The van der Waals surface area contributed by atoms with Crippen LogP contribution >= 0.6 is 0 Å².